The van der Waals surface area contributed by atoms with Crippen molar-refractivity contribution in [1.29, 1.82) is 0 Å². The third-order valence-corrected chi connectivity index (χ3v) is 6.38. The Balaban J connectivity index is 1.26. The van der Waals surface area contributed by atoms with Crippen LogP contribution in [0.5, 0.6) is 0 Å². The van der Waals surface area contributed by atoms with Gasteiger partial charge < -0.3 is 15.0 Å². The zero-order chi connectivity index (χ0) is 21.7. The lowest BCUT2D eigenvalue weighted by molar-refractivity contribution is -0.146. The number of likely N-dealkylation sites (tertiary alicyclic amines) is 1. The van der Waals surface area contributed by atoms with Crippen LogP contribution in [0.25, 0.3) is 0 Å². The highest BCUT2D eigenvalue weighted by atomic mass is 19.1. The first-order valence-electron chi connectivity index (χ1n) is 10.9. The minimum Gasteiger partial charge on any atom is -0.375 e. The summed E-state index contributed by atoms with van der Waals surface area (Å²) in [5, 5.41) is 3.04. The third-order valence-electron chi connectivity index (χ3n) is 6.38. The van der Waals surface area contributed by atoms with Gasteiger partial charge in [0.25, 0.3) is 5.91 Å². The molecule has 1 aromatic carbocycles. The number of carbonyl (C=O) groups is 2. The zero-order valence-electron chi connectivity index (χ0n) is 17.6. The predicted molar refractivity (Wildman–Crippen MR) is 114 cm³/mol. The van der Waals surface area contributed by atoms with Gasteiger partial charge in [-0.1, -0.05) is 12.1 Å². The van der Waals surface area contributed by atoms with E-state index < -0.39 is 0 Å². The number of benzene rings is 1. The Labute approximate surface area is 181 Å². The normalized spacial score (nSPS) is 20.4. The molecule has 1 spiro atoms. The van der Waals surface area contributed by atoms with E-state index in [9.17, 15) is 14.0 Å². The number of hydrogen-bond donors (Lipinski definition) is 1. The molecule has 7 heteroatoms. The maximum absolute atomic E-state index is 13.1. The highest BCUT2D eigenvalue weighted by Gasteiger charge is 2.41. The van der Waals surface area contributed by atoms with Crippen molar-refractivity contribution in [1.82, 2.24) is 15.2 Å². The van der Waals surface area contributed by atoms with Gasteiger partial charge >= 0.3 is 0 Å². The van der Waals surface area contributed by atoms with Gasteiger partial charge in [0.2, 0.25) is 5.91 Å². The van der Waals surface area contributed by atoms with E-state index in [0.717, 1.165) is 31.2 Å². The second-order valence-electron chi connectivity index (χ2n) is 8.52. The first-order valence-corrected chi connectivity index (χ1v) is 10.9. The van der Waals surface area contributed by atoms with Crippen molar-refractivity contribution in [3.05, 3.63) is 65.7 Å². The summed E-state index contributed by atoms with van der Waals surface area (Å²) in [4.78, 5) is 30.8. The summed E-state index contributed by atoms with van der Waals surface area (Å²) in [6.45, 7) is 2.63. The molecule has 1 unspecified atom stereocenters. The maximum Gasteiger partial charge on any atom is 0.251 e. The predicted octanol–water partition coefficient (Wildman–Crippen LogP) is 2.98. The van der Waals surface area contributed by atoms with Crippen LogP contribution in [-0.2, 0) is 16.0 Å². The Morgan fingerprint density at radius 2 is 1.84 bits per heavy atom. The standard InChI is InChI=1S/C24H28FN3O3/c25-21-3-1-18(2-4-21)15-22(29)28-12-8-24(9-13-28)16-19(7-14-31-24)17-27-23(30)20-5-10-26-11-6-20/h1-6,10-11,19H,7-9,12-17H2,(H,27,30). The van der Waals surface area contributed by atoms with Crippen molar-refractivity contribution in [3.63, 3.8) is 0 Å². The number of aromatic nitrogens is 1. The van der Waals surface area contributed by atoms with Crippen LogP contribution in [0.2, 0.25) is 0 Å². The summed E-state index contributed by atoms with van der Waals surface area (Å²) in [5.74, 6) is 0.0562. The molecule has 0 bridgehead atoms. The molecular formula is C24H28FN3O3. The van der Waals surface area contributed by atoms with Crippen molar-refractivity contribution < 1.29 is 18.7 Å². The number of nitrogens with one attached hydrogen (secondary N) is 1. The van der Waals surface area contributed by atoms with E-state index in [1.165, 1.54) is 12.1 Å². The van der Waals surface area contributed by atoms with Crippen molar-refractivity contribution in [2.45, 2.75) is 37.7 Å². The van der Waals surface area contributed by atoms with Gasteiger partial charge in [-0.2, -0.15) is 0 Å². The van der Waals surface area contributed by atoms with Crippen LogP contribution in [0.15, 0.2) is 48.8 Å². The highest BCUT2D eigenvalue weighted by molar-refractivity contribution is 5.93. The summed E-state index contributed by atoms with van der Waals surface area (Å²) in [6.07, 6.45) is 6.94. The molecule has 1 aromatic heterocycles. The van der Waals surface area contributed by atoms with Gasteiger partial charge in [-0.3, -0.25) is 14.6 Å². The van der Waals surface area contributed by atoms with E-state index >= 15 is 0 Å². The van der Waals surface area contributed by atoms with Crippen molar-refractivity contribution in [3.8, 4) is 0 Å². The van der Waals surface area contributed by atoms with Gasteiger partial charge in [-0.25, -0.2) is 4.39 Å². The molecule has 2 amide bonds. The molecule has 0 aliphatic carbocycles. The number of amides is 2. The average Bonchev–Trinajstić information content (AvgIpc) is 2.80. The van der Waals surface area contributed by atoms with Crippen molar-refractivity contribution in [2.75, 3.05) is 26.2 Å². The Hall–Kier alpha value is -2.80. The van der Waals surface area contributed by atoms with Gasteiger partial charge in [0.05, 0.1) is 12.0 Å². The molecule has 2 fully saturated rings. The minimum atomic E-state index is -0.294. The first kappa shape index (κ1) is 21.4. The third kappa shape index (κ3) is 5.47. The van der Waals surface area contributed by atoms with Crippen LogP contribution >= 0.6 is 0 Å². The second-order valence-corrected chi connectivity index (χ2v) is 8.52. The molecule has 1 N–H and O–H groups in total. The van der Waals surface area contributed by atoms with E-state index in [4.69, 9.17) is 4.74 Å². The average molecular weight is 426 g/mol. The number of piperidine rings is 1. The fourth-order valence-electron chi connectivity index (χ4n) is 4.55. The molecular weight excluding hydrogens is 397 g/mol. The van der Waals surface area contributed by atoms with Crippen molar-refractivity contribution >= 4 is 11.8 Å². The van der Waals surface area contributed by atoms with E-state index in [0.29, 0.717) is 37.7 Å². The molecule has 1 atom stereocenters. The zero-order valence-corrected chi connectivity index (χ0v) is 17.6. The van der Waals surface area contributed by atoms with Gasteiger partial charge in [-0.05, 0) is 61.4 Å². The SMILES string of the molecule is O=C(NCC1CCOC2(CCN(C(=O)Cc3ccc(F)cc3)CC2)C1)c1ccncc1. The molecule has 2 aromatic rings. The highest BCUT2D eigenvalue weighted by Crippen LogP contribution is 2.37. The van der Waals surface area contributed by atoms with Crippen LogP contribution in [0.4, 0.5) is 4.39 Å². The fraction of sp³-hybridized carbons (Fsp3) is 0.458. The van der Waals surface area contributed by atoms with Crippen molar-refractivity contribution in [2.24, 2.45) is 5.92 Å². The fourth-order valence-corrected chi connectivity index (χ4v) is 4.55. The minimum absolute atomic E-state index is 0.0680. The molecule has 0 saturated carbocycles. The summed E-state index contributed by atoms with van der Waals surface area (Å²) in [6, 6.07) is 9.51. The summed E-state index contributed by atoms with van der Waals surface area (Å²) < 4.78 is 19.3. The molecule has 3 heterocycles. The summed E-state index contributed by atoms with van der Waals surface area (Å²) >= 11 is 0. The van der Waals surface area contributed by atoms with Gasteiger partial charge in [-0.15, -0.1) is 0 Å². The van der Waals surface area contributed by atoms with Gasteiger partial charge in [0, 0.05) is 44.2 Å². The number of pyridine rings is 1. The molecule has 164 valence electrons. The lowest BCUT2D eigenvalue weighted by Gasteiger charge is -2.46. The van der Waals surface area contributed by atoms with E-state index in [1.54, 1.807) is 36.7 Å². The summed E-state index contributed by atoms with van der Waals surface area (Å²) in [5.41, 5.74) is 1.23. The lowest BCUT2D eigenvalue weighted by atomic mass is 9.79. The van der Waals surface area contributed by atoms with Crippen LogP contribution < -0.4 is 5.32 Å². The van der Waals surface area contributed by atoms with Gasteiger partial charge in [0.15, 0.2) is 0 Å². The number of nitrogens with zero attached hydrogens (tertiary/aromatic N) is 2. The number of carbonyl (C=O) groups excluding carboxylic acids is 2. The van der Waals surface area contributed by atoms with Crippen LogP contribution in [0.3, 0.4) is 0 Å². The maximum atomic E-state index is 13.1. The van der Waals surface area contributed by atoms with Crippen LogP contribution in [-0.4, -0.2) is 53.5 Å². The number of halogens is 1. The Bertz CT molecular complexity index is 896. The van der Waals surface area contributed by atoms with E-state index in [-0.39, 0.29) is 29.7 Å². The first-order chi connectivity index (χ1) is 15.0. The summed E-state index contributed by atoms with van der Waals surface area (Å²) in [7, 11) is 0. The quantitative estimate of drug-likeness (QED) is 0.800. The Morgan fingerprint density at radius 1 is 1.13 bits per heavy atom. The molecule has 6 nitrogen and oxygen atoms in total. The molecule has 31 heavy (non-hydrogen) atoms. The van der Waals surface area contributed by atoms with Crippen LogP contribution in [0.1, 0.15) is 41.6 Å². The molecule has 4 rings (SSSR count). The number of hydrogen-bond acceptors (Lipinski definition) is 4. The second kappa shape index (κ2) is 9.56. The molecule has 0 radical (unpaired) electrons. The monoisotopic (exact) mass is 425 g/mol. The Morgan fingerprint density at radius 3 is 2.55 bits per heavy atom. The Kier molecular flexibility index (Phi) is 6.61. The van der Waals surface area contributed by atoms with Gasteiger partial charge in [0.1, 0.15) is 5.82 Å². The number of ether oxygens (including phenoxy) is 1. The lowest BCUT2D eigenvalue weighted by Crippen LogP contribution is -2.52. The van der Waals surface area contributed by atoms with Crippen LogP contribution in [0, 0.1) is 11.7 Å². The van der Waals surface area contributed by atoms with E-state index in [2.05, 4.69) is 10.3 Å². The molecule has 2 saturated heterocycles. The molecule has 2 aliphatic rings. The topological polar surface area (TPSA) is 71.5 Å². The smallest absolute Gasteiger partial charge is 0.251 e. The number of rotatable bonds is 5. The molecule has 2 aliphatic heterocycles. The van der Waals surface area contributed by atoms with E-state index in [1.807, 2.05) is 4.90 Å². The largest absolute Gasteiger partial charge is 0.375 e.